The first-order valence-electron chi connectivity index (χ1n) is 16.6. The van der Waals surface area contributed by atoms with E-state index in [9.17, 15) is 0 Å². The summed E-state index contributed by atoms with van der Waals surface area (Å²) in [6, 6.07) is 51.6. The molecule has 0 amide bonds. The number of hydrogen-bond donors (Lipinski definition) is 0. The van der Waals surface area contributed by atoms with Gasteiger partial charge in [0.15, 0.2) is 0 Å². The molecule has 8 rings (SSSR count). The Balaban J connectivity index is 0.000000295. The topological polar surface area (TPSA) is 8.17 Å². The number of rotatable bonds is 6. The minimum atomic E-state index is 1.15. The zero-order valence-electron chi connectivity index (χ0n) is 27.9. The highest BCUT2D eigenvalue weighted by Gasteiger charge is 2.31. The van der Waals surface area contributed by atoms with Crippen molar-refractivity contribution >= 4 is 45.0 Å². The average Bonchev–Trinajstić information content (AvgIpc) is 3.44. The highest BCUT2D eigenvalue weighted by Crippen LogP contribution is 2.51. The highest BCUT2D eigenvalue weighted by atomic mass is 15.2. The molecule has 2 heterocycles. The van der Waals surface area contributed by atoms with Crippen LogP contribution in [0, 0.1) is 0 Å². The summed E-state index contributed by atoms with van der Waals surface area (Å²) in [5.74, 6) is 0. The predicted octanol–water partition coefficient (Wildman–Crippen LogP) is 12.8. The number of aromatic nitrogens is 1. The molecule has 1 aromatic heterocycles. The molecule has 6 aromatic carbocycles. The molecule has 0 unspecified atom stereocenters. The third-order valence-corrected chi connectivity index (χ3v) is 8.98. The summed E-state index contributed by atoms with van der Waals surface area (Å²) in [5, 5.41) is 2.57. The van der Waals surface area contributed by atoms with E-state index < -0.39 is 0 Å². The maximum atomic E-state index is 3.79. The van der Waals surface area contributed by atoms with Crippen molar-refractivity contribution in [2.24, 2.45) is 7.05 Å². The lowest BCUT2D eigenvalue weighted by Gasteiger charge is -2.40. The molecular weight excluding hydrogens is 593 g/mol. The first-order valence-corrected chi connectivity index (χ1v) is 16.6. The molecule has 2 heteroatoms. The Morgan fingerprint density at radius 1 is 0.571 bits per heavy atom. The van der Waals surface area contributed by atoms with Crippen LogP contribution in [0.2, 0.25) is 0 Å². The molecule has 236 valence electrons. The number of benzene rings is 6. The van der Waals surface area contributed by atoms with Gasteiger partial charge in [-0.1, -0.05) is 140 Å². The Morgan fingerprint density at radius 3 is 2.02 bits per heavy atom. The van der Waals surface area contributed by atoms with Crippen LogP contribution in [0.4, 0.5) is 11.4 Å². The second kappa shape index (κ2) is 14.2. The fourth-order valence-corrected chi connectivity index (χ4v) is 6.59. The molecule has 1 aliphatic rings. The van der Waals surface area contributed by atoms with Crippen molar-refractivity contribution in [1.82, 2.24) is 4.57 Å². The fourth-order valence-electron chi connectivity index (χ4n) is 6.59. The molecule has 0 N–H and O–H groups in total. The van der Waals surface area contributed by atoms with Crippen LogP contribution in [0.15, 0.2) is 188 Å². The quantitative estimate of drug-likeness (QED) is 0.131. The second-order valence-corrected chi connectivity index (χ2v) is 12.0. The van der Waals surface area contributed by atoms with Crippen LogP contribution in [-0.4, -0.2) is 4.57 Å². The predicted molar refractivity (Wildman–Crippen MR) is 212 cm³/mol. The zero-order valence-corrected chi connectivity index (χ0v) is 27.9. The molecule has 2 nitrogen and oxygen atoms in total. The van der Waals surface area contributed by atoms with Crippen LogP contribution in [0.1, 0.15) is 18.1 Å². The normalized spacial score (nSPS) is 12.9. The molecule has 0 saturated carbocycles. The largest absolute Gasteiger partial charge is 0.344 e. The number of anilines is 2. The summed E-state index contributed by atoms with van der Waals surface area (Å²) in [7, 11) is 2.14. The molecule has 49 heavy (non-hydrogen) atoms. The third-order valence-electron chi connectivity index (χ3n) is 8.98. The Bertz CT molecular complexity index is 2400. The first kappa shape index (κ1) is 31.3. The van der Waals surface area contributed by atoms with Crippen LogP contribution in [0.25, 0.3) is 55.8 Å². The molecule has 0 atom stereocenters. The molecule has 0 saturated heterocycles. The van der Waals surface area contributed by atoms with Crippen molar-refractivity contribution in [2.45, 2.75) is 6.92 Å². The Labute approximate surface area is 289 Å². The van der Waals surface area contributed by atoms with Crippen LogP contribution >= 0.6 is 0 Å². The van der Waals surface area contributed by atoms with E-state index in [1.807, 2.05) is 49.4 Å². The summed E-state index contributed by atoms with van der Waals surface area (Å²) in [6.07, 6.45) is 12.2. The Kier molecular flexibility index (Phi) is 9.06. The molecule has 0 aliphatic carbocycles. The number of aryl methyl sites for hydroxylation is 1. The summed E-state index contributed by atoms with van der Waals surface area (Å²) in [5.41, 5.74) is 16.3. The molecule has 0 bridgehead atoms. The van der Waals surface area contributed by atoms with Gasteiger partial charge in [0, 0.05) is 40.0 Å². The zero-order chi connectivity index (χ0) is 33.6. The first-order chi connectivity index (χ1) is 24.2. The Morgan fingerprint density at radius 2 is 1.22 bits per heavy atom. The summed E-state index contributed by atoms with van der Waals surface area (Å²) in [6.45, 7) is 5.79. The van der Waals surface area contributed by atoms with Gasteiger partial charge in [0.1, 0.15) is 0 Å². The molecular formula is C47H38N2. The summed E-state index contributed by atoms with van der Waals surface area (Å²) < 4.78 is 2.27. The van der Waals surface area contributed by atoms with Crippen molar-refractivity contribution in [2.75, 3.05) is 4.90 Å². The van der Waals surface area contributed by atoms with Crippen molar-refractivity contribution in [3.63, 3.8) is 0 Å². The van der Waals surface area contributed by atoms with E-state index in [-0.39, 0.29) is 0 Å². The molecule has 7 aromatic rings. The van der Waals surface area contributed by atoms with E-state index in [2.05, 4.69) is 168 Å². The van der Waals surface area contributed by atoms with Crippen LogP contribution in [0.3, 0.4) is 0 Å². The van der Waals surface area contributed by atoms with E-state index in [1.54, 1.807) is 0 Å². The van der Waals surface area contributed by atoms with Gasteiger partial charge >= 0.3 is 0 Å². The smallest absolute Gasteiger partial charge is 0.0561 e. The Hall–Kier alpha value is -6.34. The van der Waals surface area contributed by atoms with Gasteiger partial charge < -0.3 is 9.47 Å². The number of nitrogens with zero attached hydrogens (tertiary/aromatic N) is 2. The number of hydrogen-bond acceptors (Lipinski definition) is 1. The minimum Gasteiger partial charge on any atom is -0.344 e. The van der Waals surface area contributed by atoms with Crippen LogP contribution in [-0.2, 0) is 7.05 Å². The van der Waals surface area contributed by atoms with Gasteiger partial charge in [-0.2, -0.15) is 0 Å². The second-order valence-electron chi connectivity index (χ2n) is 12.0. The minimum absolute atomic E-state index is 1.15. The van der Waals surface area contributed by atoms with Gasteiger partial charge in [0.2, 0.25) is 0 Å². The molecule has 1 aliphatic heterocycles. The van der Waals surface area contributed by atoms with Crippen molar-refractivity contribution < 1.29 is 0 Å². The lowest BCUT2D eigenvalue weighted by Crippen LogP contribution is -2.26. The summed E-state index contributed by atoms with van der Waals surface area (Å²) >= 11 is 0. The van der Waals surface area contributed by atoms with Gasteiger partial charge in [-0.25, -0.2) is 0 Å². The molecule has 0 spiro atoms. The standard InChI is InChI=1S/C36H26N2.C11H12/c1-3-4-16-35-31-24-27(26-19-21-33-30(23-26)29-15-9-10-17-32(29)37(33)2)20-22-36(31)38(35)34-18-11-8-14-28(34)25-12-6-5-7-13-25;1-2-3-5-8-11-9-6-4-7-10-11/h4-24H,1H2,2H3;2-10H,1H3/b35-16-;3-2-,8-5-. The van der Waals surface area contributed by atoms with E-state index in [1.165, 1.54) is 66.6 Å². The van der Waals surface area contributed by atoms with Crippen molar-refractivity contribution in [3.8, 4) is 22.3 Å². The lowest BCUT2D eigenvalue weighted by molar-refractivity contribution is 1.01. The number of fused-ring (bicyclic) bond motifs is 4. The van der Waals surface area contributed by atoms with E-state index >= 15 is 0 Å². The van der Waals surface area contributed by atoms with Gasteiger partial charge in [-0.15, -0.1) is 5.73 Å². The maximum absolute atomic E-state index is 3.79. The SMILES string of the molecule is C/C=C\C=C/c1ccccc1.C=C=C/C=C1/c2cc(-c3ccc4c(c3)c3ccccc3n4C)ccc2N1c1ccccc1-c1ccccc1. The van der Waals surface area contributed by atoms with Gasteiger partial charge in [-0.05, 0) is 77.7 Å². The summed E-state index contributed by atoms with van der Waals surface area (Å²) in [4.78, 5) is 2.34. The lowest BCUT2D eigenvalue weighted by atomic mass is 9.90. The van der Waals surface area contributed by atoms with Gasteiger partial charge in [0.25, 0.3) is 0 Å². The third kappa shape index (κ3) is 6.22. The number of para-hydroxylation sites is 2. The van der Waals surface area contributed by atoms with Crippen LogP contribution in [0.5, 0.6) is 0 Å². The van der Waals surface area contributed by atoms with Gasteiger partial charge in [0.05, 0.1) is 17.1 Å². The van der Waals surface area contributed by atoms with Crippen LogP contribution < -0.4 is 4.90 Å². The van der Waals surface area contributed by atoms with E-state index in [0.29, 0.717) is 0 Å². The van der Waals surface area contributed by atoms with Gasteiger partial charge in [-0.3, -0.25) is 0 Å². The molecule has 0 fully saturated rings. The van der Waals surface area contributed by atoms with E-state index in [4.69, 9.17) is 0 Å². The molecule has 0 radical (unpaired) electrons. The van der Waals surface area contributed by atoms with E-state index in [0.717, 1.165) is 5.70 Å². The monoisotopic (exact) mass is 630 g/mol. The maximum Gasteiger partial charge on any atom is 0.0561 e. The number of allylic oxidation sites excluding steroid dienone is 5. The fraction of sp³-hybridized carbons (Fsp3) is 0.0426. The average molecular weight is 631 g/mol. The van der Waals surface area contributed by atoms with Crippen molar-refractivity contribution in [1.29, 1.82) is 0 Å². The highest BCUT2D eigenvalue weighted by molar-refractivity contribution is 6.10. The van der Waals surface area contributed by atoms with Crippen molar-refractivity contribution in [3.05, 3.63) is 199 Å².